The fourth-order valence-electron chi connectivity index (χ4n) is 1.98. The lowest BCUT2D eigenvalue weighted by atomic mass is 10.2. The first-order chi connectivity index (χ1) is 7.66. The molecule has 2 aliphatic rings. The zero-order valence-electron chi connectivity index (χ0n) is 9.64. The lowest BCUT2D eigenvalue weighted by Crippen LogP contribution is -2.49. The van der Waals surface area contributed by atoms with Crippen LogP contribution in [0.3, 0.4) is 0 Å². The third-order valence-electron chi connectivity index (χ3n) is 2.57. The molecular formula is C11H17NO4. The van der Waals surface area contributed by atoms with Crippen molar-refractivity contribution in [1.29, 1.82) is 0 Å². The summed E-state index contributed by atoms with van der Waals surface area (Å²) in [6, 6.07) is 0. The molecule has 0 saturated carbocycles. The van der Waals surface area contributed by atoms with Crippen LogP contribution in [0.25, 0.3) is 0 Å². The monoisotopic (exact) mass is 227 g/mol. The van der Waals surface area contributed by atoms with E-state index >= 15 is 0 Å². The maximum atomic E-state index is 12.0. The maximum Gasteiger partial charge on any atom is 0.292 e. The number of ether oxygens (including phenoxy) is 3. The molecule has 1 amide bonds. The normalized spacial score (nSPS) is 30.1. The molecule has 0 unspecified atom stereocenters. The first-order valence-corrected chi connectivity index (χ1v) is 5.56. The zero-order valence-corrected chi connectivity index (χ0v) is 9.64. The Kier molecular flexibility index (Phi) is 3.33. The smallest absolute Gasteiger partial charge is 0.292 e. The van der Waals surface area contributed by atoms with Gasteiger partial charge in [-0.1, -0.05) is 0 Å². The summed E-state index contributed by atoms with van der Waals surface area (Å²) in [6.07, 6.45) is 1.53. The van der Waals surface area contributed by atoms with Crippen molar-refractivity contribution in [3.8, 4) is 0 Å². The second-order valence-electron chi connectivity index (χ2n) is 4.17. The number of rotatable bonds is 1. The van der Waals surface area contributed by atoms with Crippen LogP contribution in [0.15, 0.2) is 12.0 Å². The van der Waals surface area contributed by atoms with Crippen molar-refractivity contribution < 1.29 is 19.0 Å². The van der Waals surface area contributed by atoms with Crippen molar-refractivity contribution in [1.82, 2.24) is 4.90 Å². The van der Waals surface area contributed by atoms with Gasteiger partial charge in [0.05, 0.1) is 12.2 Å². The standard InChI is InChI=1S/C11H17NO4/c1-8-5-12(6-9(2)16-8)11(13)10-7-14-3-4-15-10/h7-9H,3-6H2,1-2H3/t8-,9-/m0/s1. The third kappa shape index (κ3) is 2.47. The van der Waals surface area contributed by atoms with Crippen molar-refractivity contribution in [2.75, 3.05) is 26.3 Å². The van der Waals surface area contributed by atoms with E-state index in [0.717, 1.165) is 0 Å². The molecule has 2 aliphatic heterocycles. The number of hydrogen-bond acceptors (Lipinski definition) is 4. The molecule has 2 rings (SSSR count). The van der Waals surface area contributed by atoms with Gasteiger partial charge in [-0.2, -0.15) is 0 Å². The molecule has 16 heavy (non-hydrogen) atoms. The fourth-order valence-corrected chi connectivity index (χ4v) is 1.98. The minimum absolute atomic E-state index is 0.0674. The van der Waals surface area contributed by atoms with Gasteiger partial charge < -0.3 is 19.1 Å². The van der Waals surface area contributed by atoms with Crippen LogP contribution in [-0.2, 0) is 19.0 Å². The van der Waals surface area contributed by atoms with Crippen molar-refractivity contribution in [3.05, 3.63) is 12.0 Å². The highest BCUT2D eigenvalue weighted by Gasteiger charge is 2.29. The molecule has 0 spiro atoms. The van der Waals surface area contributed by atoms with Gasteiger partial charge in [0.1, 0.15) is 19.5 Å². The third-order valence-corrected chi connectivity index (χ3v) is 2.57. The quantitative estimate of drug-likeness (QED) is 0.655. The van der Waals surface area contributed by atoms with E-state index in [2.05, 4.69) is 0 Å². The van der Waals surface area contributed by atoms with Crippen molar-refractivity contribution >= 4 is 5.91 Å². The lowest BCUT2D eigenvalue weighted by Gasteiger charge is -2.35. The first-order valence-electron chi connectivity index (χ1n) is 5.56. The fraction of sp³-hybridized carbons (Fsp3) is 0.727. The molecule has 0 aromatic rings. The van der Waals surface area contributed by atoms with Crippen LogP contribution in [0.5, 0.6) is 0 Å². The van der Waals surface area contributed by atoms with E-state index in [1.54, 1.807) is 4.90 Å². The van der Waals surface area contributed by atoms with Crippen LogP contribution in [-0.4, -0.2) is 49.3 Å². The largest absolute Gasteiger partial charge is 0.494 e. The number of hydrogen-bond donors (Lipinski definition) is 0. The Morgan fingerprint density at radius 1 is 1.31 bits per heavy atom. The highest BCUT2D eigenvalue weighted by molar-refractivity contribution is 5.91. The Bertz CT molecular complexity index is 292. The Hall–Kier alpha value is -1.23. The molecule has 0 N–H and O–H groups in total. The molecular weight excluding hydrogens is 210 g/mol. The first kappa shape index (κ1) is 11.3. The topological polar surface area (TPSA) is 48.0 Å². The maximum absolute atomic E-state index is 12.0. The van der Waals surface area contributed by atoms with E-state index in [1.807, 2.05) is 13.8 Å². The summed E-state index contributed by atoms with van der Waals surface area (Å²) in [5.74, 6) is 0.189. The predicted octanol–water partition coefficient (Wildman–Crippen LogP) is 0.510. The minimum Gasteiger partial charge on any atom is -0.494 e. The molecule has 90 valence electrons. The molecule has 2 heterocycles. The Labute approximate surface area is 94.9 Å². The van der Waals surface area contributed by atoms with E-state index in [9.17, 15) is 4.79 Å². The molecule has 0 aliphatic carbocycles. The highest BCUT2D eigenvalue weighted by Crippen LogP contribution is 2.15. The molecule has 0 radical (unpaired) electrons. The molecule has 0 bridgehead atoms. The number of carbonyl (C=O) groups excluding carboxylic acids is 1. The van der Waals surface area contributed by atoms with Crippen LogP contribution in [0.1, 0.15) is 13.8 Å². The Morgan fingerprint density at radius 3 is 2.56 bits per heavy atom. The highest BCUT2D eigenvalue weighted by atomic mass is 16.6. The van der Waals surface area contributed by atoms with Gasteiger partial charge in [-0.15, -0.1) is 0 Å². The zero-order chi connectivity index (χ0) is 11.5. The Morgan fingerprint density at radius 2 is 2.00 bits per heavy atom. The minimum atomic E-state index is -0.110. The summed E-state index contributed by atoms with van der Waals surface area (Å²) >= 11 is 0. The van der Waals surface area contributed by atoms with Gasteiger partial charge in [0.15, 0.2) is 0 Å². The number of morpholine rings is 1. The summed E-state index contributed by atoms with van der Waals surface area (Å²) in [5, 5.41) is 0. The summed E-state index contributed by atoms with van der Waals surface area (Å²) < 4.78 is 15.9. The summed E-state index contributed by atoms with van der Waals surface area (Å²) in [6.45, 7) is 6.07. The average molecular weight is 227 g/mol. The van der Waals surface area contributed by atoms with Crippen LogP contribution in [0.2, 0.25) is 0 Å². The second kappa shape index (κ2) is 4.74. The van der Waals surface area contributed by atoms with E-state index in [1.165, 1.54) is 6.26 Å². The van der Waals surface area contributed by atoms with Gasteiger partial charge in [0.2, 0.25) is 5.76 Å². The van der Waals surface area contributed by atoms with E-state index in [0.29, 0.717) is 32.1 Å². The van der Waals surface area contributed by atoms with E-state index < -0.39 is 0 Å². The molecule has 5 heteroatoms. The summed E-state index contributed by atoms with van der Waals surface area (Å²) in [4.78, 5) is 13.8. The average Bonchev–Trinajstić information content (AvgIpc) is 2.28. The SMILES string of the molecule is C[C@H]1CN(C(=O)C2=COCCO2)C[C@H](C)O1. The van der Waals surface area contributed by atoms with Crippen LogP contribution in [0, 0.1) is 0 Å². The van der Waals surface area contributed by atoms with Crippen molar-refractivity contribution in [3.63, 3.8) is 0 Å². The molecule has 0 aromatic carbocycles. The number of amides is 1. The van der Waals surface area contributed by atoms with E-state index in [-0.39, 0.29) is 18.1 Å². The number of carbonyl (C=O) groups is 1. The number of nitrogens with zero attached hydrogens (tertiary/aromatic N) is 1. The van der Waals surface area contributed by atoms with Crippen LogP contribution < -0.4 is 0 Å². The van der Waals surface area contributed by atoms with Gasteiger partial charge in [0, 0.05) is 13.1 Å². The lowest BCUT2D eigenvalue weighted by molar-refractivity contribution is -0.144. The summed E-state index contributed by atoms with van der Waals surface area (Å²) in [5.41, 5.74) is 0. The van der Waals surface area contributed by atoms with Crippen LogP contribution >= 0.6 is 0 Å². The van der Waals surface area contributed by atoms with Crippen molar-refractivity contribution in [2.45, 2.75) is 26.1 Å². The predicted molar refractivity (Wildman–Crippen MR) is 56.6 cm³/mol. The van der Waals surface area contributed by atoms with Gasteiger partial charge >= 0.3 is 0 Å². The second-order valence-corrected chi connectivity index (χ2v) is 4.17. The van der Waals surface area contributed by atoms with E-state index in [4.69, 9.17) is 14.2 Å². The molecule has 5 nitrogen and oxygen atoms in total. The van der Waals surface area contributed by atoms with Gasteiger partial charge in [-0.3, -0.25) is 4.79 Å². The molecule has 2 atom stereocenters. The van der Waals surface area contributed by atoms with Gasteiger partial charge in [0.25, 0.3) is 5.91 Å². The Balaban J connectivity index is 2.00. The van der Waals surface area contributed by atoms with Gasteiger partial charge in [-0.25, -0.2) is 0 Å². The van der Waals surface area contributed by atoms with Gasteiger partial charge in [-0.05, 0) is 13.8 Å². The van der Waals surface area contributed by atoms with Crippen molar-refractivity contribution in [2.24, 2.45) is 0 Å². The molecule has 1 fully saturated rings. The molecule has 1 saturated heterocycles. The summed E-state index contributed by atoms with van der Waals surface area (Å²) in [7, 11) is 0. The van der Waals surface area contributed by atoms with Crippen LogP contribution in [0.4, 0.5) is 0 Å². The molecule has 0 aromatic heterocycles.